The van der Waals surface area contributed by atoms with Crippen molar-refractivity contribution in [3.05, 3.63) is 90.1 Å². The van der Waals surface area contributed by atoms with Crippen LogP contribution in [0.15, 0.2) is 83.0 Å². The second-order valence-electron chi connectivity index (χ2n) is 8.98. The first-order valence-corrected chi connectivity index (χ1v) is 14.8. The van der Waals surface area contributed by atoms with Crippen LogP contribution in [0.2, 0.25) is 0 Å². The molecule has 3 heterocycles. The second-order valence-corrected chi connectivity index (χ2v) is 12.4. The van der Waals surface area contributed by atoms with Crippen molar-refractivity contribution in [2.75, 3.05) is 18.5 Å². The summed E-state index contributed by atoms with van der Waals surface area (Å²) in [6.45, 7) is 0.827. The lowest BCUT2D eigenvalue weighted by Crippen LogP contribution is -2.26. The number of pyridine rings is 1. The molecule has 0 bridgehead atoms. The van der Waals surface area contributed by atoms with E-state index in [4.69, 9.17) is 5.14 Å². The average Bonchev–Trinajstić information content (AvgIpc) is 3.32. The number of aromatic nitrogens is 2. The highest BCUT2D eigenvalue weighted by atomic mass is 32.2. The third-order valence-corrected chi connectivity index (χ3v) is 9.03. The van der Waals surface area contributed by atoms with Crippen molar-refractivity contribution in [1.29, 1.82) is 0 Å². The molecular weight excluding hydrogens is 529 g/mol. The van der Waals surface area contributed by atoms with Crippen LogP contribution in [0.5, 0.6) is 0 Å². The van der Waals surface area contributed by atoms with E-state index in [0.717, 1.165) is 16.0 Å². The zero-order valence-electron chi connectivity index (χ0n) is 20.5. The topological polar surface area (TPSA) is 127 Å². The first kappa shape index (κ1) is 26.0. The van der Waals surface area contributed by atoms with Gasteiger partial charge in [0.25, 0.3) is 10.0 Å². The fourth-order valence-corrected chi connectivity index (χ4v) is 6.65. The van der Waals surface area contributed by atoms with E-state index in [2.05, 4.69) is 10.3 Å². The van der Waals surface area contributed by atoms with Gasteiger partial charge in [-0.05, 0) is 73.5 Å². The number of nitrogens with two attached hydrogens (primary N) is 1. The van der Waals surface area contributed by atoms with Gasteiger partial charge in [-0.2, -0.15) is 0 Å². The van der Waals surface area contributed by atoms with Crippen LogP contribution >= 0.6 is 0 Å². The Kier molecular flexibility index (Phi) is 6.82. The van der Waals surface area contributed by atoms with Crippen LogP contribution in [-0.2, 0) is 33.0 Å². The molecule has 9 nitrogen and oxygen atoms in total. The number of sulfonamides is 1. The number of anilines is 2. The molecule has 5 rings (SSSR count). The van der Waals surface area contributed by atoms with Gasteiger partial charge < -0.3 is 10.2 Å². The summed E-state index contributed by atoms with van der Waals surface area (Å²) in [7, 11) is -6.36. The van der Waals surface area contributed by atoms with Crippen molar-refractivity contribution in [3.63, 3.8) is 0 Å². The van der Waals surface area contributed by atoms with Crippen LogP contribution < -0.4 is 15.4 Å². The molecule has 12 heteroatoms. The summed E-state index contributed by atoms with van der Waals surface area (Å²) in [6, 6.07) is 13.8. The normalized spacial score (nSPS) is 13.9. The van der Waals surface area contributed by atoms with Crippen molar-refractivity contribution in [2.45, 2.75) is 29.2 Å². The lowest BCUT2D eigenvalue weighted by Gasteiger charge is -2.33. The molecule has 0 atom stereocenters. The van der Waals surface area contributed by atoms with E-state index in [1.807, 2.05) is 4.90 Å². The van der Waals surface area contributed by atoms with Gasteiger partial charge in [-0.25, -0.2) is 30.3 Å². The maximum atomic E-state index is 15.7. The third kappa shape index (κ3) is 4.71. The van der Waals surface area contributed by atoms with E-state index in [-0.39, 0.29) is 21.0 Å². The largest absolute Gasteiger partial charge is 0.341 e. The number of halogens is 1. The Morgan fingerprint density at radius 3 is 2.55 bits per heavy atom. The number of nitrogens with one attached hydrogen (secondary N) is 1. The highest BCUT2D eigenvalue weighted by Crippen LogP contribution is 2.42. The molecule has 3 N–H and O–H groups in total. The van der Waals surface area contributed by atoms with Crippen LogP contribution in [0.4, 0.5) is 15.8 Å². The predicted molar refractivity (Wildman–Crippen MR) is 143 cm³/mol. The van der Waals surface area contributed by atoms with E-state index in [1.54, 1.807) is 31.3 Å². The van der Waals surface area contributed by atoms with Gasteiger partial charge in [-0.3, -0.25) is 4.98 Å². The van der Waals surface area contributed by atoms with E-state index in [9.17, 15) is 16.8 Å². The Labute approximate surface area is 220 Å². The molecule has 1 aliphatic rings. The summed E-state index contributed by atoms with van der Waals surface area (Å²) in [4.78, 5) is 5.66. The molecule has 0 unspecified atom stereocenters. The third-order valence-electron chi connectivity index (χ3n) is 6.46. The first-order valence-electron chi connectivity index (χ1n) is 11.8. The molecule has 2 aromatic heterocycles. The molecule has 0 saturated carbocycles. The number of rotatable bonds is 7. The standard InChI is InChI=1S/C26H26FN5O4S2/c1-29-15-18-13-25(32(17-18)38(35,36)21-6-3-11-30-16-21)26-22(27)7-2-8-23(26)31-12-4-5-19-9-10-20(14-24(19)31)37(28,33)34/h2-3,6-11,13-14,16-17,29H,4-5,12,15H2,1H3,(H2,28,33,34). The SMILES string of the molecule is CNCc1cc(-c2c(F)cccc2N2CCCc3ccc(S(N)(=O)=O)cc32)n(S(=O)(=O)c2cccnc2)c1. The zero-order chi connectivity index (χ0) is 27.1. The summed E-state index contributed by atoms with van der Waals surface area (Å²) < 4.78 is 68.3. The Hall–Kier alpha value is -3.58. The molecule has 1 aliphatic heterocycles. The first-order chi connectivity index (χ1) is 18.1. The maximum Gasteiger partial charge on any atom is 0.269 e. The highest BCUT2D eigenvalue weighted by Gasteiger charge is 2.29. The Bertz CT molecular complexity index is 1720. The average molecular weight is 556 g/mol. The minimum Gasteiger partial charge on any atom is -0.341 e. The molecule has 0 spiro atoms. The van der Waals surface area contributed by atoms with Crippen molar-refractivity contribution in [1.82, 2.24) is 14.3 Å². The molecule has 0 saturated heterocycles. The predicted octanol–water partition coefficient (Wildman–Crippen LogP) is 3.38. The van der Waals surface area contributed by atoms with Gasteiger partial charge in [0, 0.05) is 37.4 Å². The fraction of sp³-hybridized carbons (Fsp3) is 0.192. The summed E-state index contributed by atoms with van der Waals surface area (Å²) in [5.74, 6) is -0.617. The number of nitrogens with zero attached hydrogens (tertiary/aromatic N) is 3. The Balaban J connectivity index is 1.75. The van der Waals surface area contributed by atoms with Gasteiger partial charge in [0.1, 0.15) is 10.7 Å². The second kappa shape index (κ2) is 9.95. The minimum absolute atomic E-state index is 0.0353. The molecule has 198 valence electrons. The molecule has 0 radical (unpaired) electrons. The number of primary sulfonamides is 1. The van der Waals surface area contributed by atoms with Crippen LogP contribution in [0, 0.1) is 5.82 Å². The molecule has 4 aromatic rings. The van der Waals surface area contributed by atoms with E-state index < -0.39 is 25.9 Å². The number of hydrogen-bond donors (Lipinski definition) is 2. The molecule has 0 fully saturated rings. The van der Waals surface area contributed by atoms with Gasteiger partial charge in [0.15, 0.2) is 0 Å². The Morgan fingerprint density at radius 2 is 1.84 bits per heavy atom. The molecule has 38 heavy (non-hydrogen) atoms. The Morgan fingerprint density at radius 1 is 1.03 bits per heavy atom. The summed E-state index contributed by atoms with van der Waals surface area (Å²) in [5, 5.41) is 8.39. The van der Waals surface area contributed by atoms with Gasteiger partial charge in [0.05, 0.1) is 21.8 Å². The van der Waals surface area contributed by atoms with Crippen molar-refractivity contribution < 1.29 is 21.2 Å². The molecule has 2 aromatic carbocycles. The summed E-state index contributed by atoms with van der Waals surface area (Å²) in [5.41, 5.74) is 2.73. The summed E-state index contributed by atoms with van der Waals surface area (Å²) in [6.07, 6.45) is 5.63. The summed E-state index contributed by atoms with van der Waals surface area (Å²) >= 11 is 0. The maximum absolute atomic E-state index is 15.7. The van der Waals surface area contributed by atoms with Gasteiger partial charge in [-0.15, -0.1) is 0 Å². The number of benzene rings is 2. The fourth-order valence-electron chi connectivity index (χ4n) is 4.76. The van der Waals surface area contributed by atoms with Crippen molar-refractivity contribution in [2.24, 2.45) is 5.14 Å². The van der Waals surface area contributed by atoms with E-state index in [1.165, 1.54) is 48.9 Å². The molecular formula is C26H26FN5O4S2. The van der Waals surface area contributed by atoms with Gasteiger partial charge in [-0.1, -0.05) is 12.1 Å². The van der Waals surface area contributed by atoms with E-state index >= 15 is 4.39 Å². The van der Waals surface area contributed by atoms with Crippen molar-refractivity contribution >= 4 is 31.4 Å². The lowest BCUT2D eigenvalue weighted by molar-refractivity contribution is 0.586. The minimum atomic E-state index is -4.12. The molecule has 0 amide bonds. The number of aryl methyl sites for hydroxylation is 1. The number of hydrogen-bond acceptors (Lipinski definition) is 7. The van der Waals surface area contributed by atoms with Crippen LogP contribution in [0.1, 0.15) is 17.5 Å². The molecule has 0 aliphatic carbocycles. The zero-order valence-corrected chi connectivity index (χ0v) is 22.1. The quantitative estimate of drug-likeness (QED) is 0.358. The van der Waals surface area contributed by atoms with Crippen LogP contribution in [-0.4, -0.2) is 39.4 Å². The van der Waals surface area contributed by atoms with Crippen molar-refractivity contribution in [3.8, 4) is 11.3 Å². The smallest absolute Gasteiger partial charge is 0.269 e. The monoisotopic (exact) mass is 555 g/mol. The highest BCUT2D eigenvalue weighted by molar-refractivity contribution is 7.90. The van der Waals surface area contributed by atoms with Crippen LogP contribution in [0.3, 0.4) is 0 Å². The van der Waals surface area contributed by atoms with Crippen LogP contribution in [0.25, 0.3) is 11.3 Å². The number of fused-ring (bicyclic) bond motifs is 1. The van der Waals surface area contributed by atoms with E-state index in [0.29, 0.717) is 36.4 Å². The van der Waals surface area contributed by atoms with Gasteiger partial charge in [0.2, 0.25) is 10.0 Å². The van der Waals surface area contributed by atoms with Gasteiger partial charge >= 0.3 is 0 Å². The lowest BCUT2D eigenvalue weighted by atomic mass is 9.99.